The van der Waals surface area contributed by atoms with Gasteiger partial charge in [0.2, 0.25) is 0 Å². The van der Waals surface area contributed by atoms with Gasteiger partial charge in [-0.15, -0.1) is 0 Å². The van der Waals surface area contributed by atoms with Gasteiger partial charge >= 0.3 is 6.18 Å². The SMILES string of the molecule is FC(F)(F)Cc1cccc(Oc2ccccc2)c1. The molecular weight excluding hydrogens is 241 g/mol. The summed E-state index contributed by atoms with van der Waals surface area (Å²) in [6, 6.07) is 15.0. The molecule has 0 saturated carbocycles. The summed E-state index contributed by atoms with van der Waals surface area (Å²) < 4.78 is 42.2. The molecule has 0 amide bonds. The van der Waals surface area contributed by atoms with Crippen molar-refractivity contribution < 1.29 is 17.9 Å². The zero-order valence-electron chi connectivity index (χ0n) is 9.45. The fourth-order valence-electron chi connectivity index (χ4n) is 1.58. The number of hydrogen-bond donors (Lipinski definition) is 0. The summed E-state index contributed by atoms with van der Waals surface area (Å²) in [5, 5.41) is 0. The van der Waals surface area contributed by atoms with E-state index in [9.17, 15) is 13.2 Å². The Kier molecular flexibility index (Phi) is 3.55. The molecule has 0 heterocycles. The Morgan fingerprint density at radius 2 is 1.50 bits per heavy atom. The Labute approximate surface area is 103 Å². The second-order valence-electron chi connectivity index (χ2n) is 3.85. The molecule has 0 aliphatic carbocycles. The van der Waals surface area contributed by atoms with E-state index in [1.807, 2.05) is 6.07 Å². The third-order valence-corrected chi connectivity index (χ3v) is 2.28. The van der Waals surface area contributed by atoms with Crippen LogP contribution in [0, 0.1) is 0 Å². The molecule has 0 saturated heterocycles. The molecule has 0 unspecified atom stereocenters. The van der Waals surface area contributed by atoms with E-state index in [1.165, 1.54) is 12.1 Å². The van der Waals surface area contributed by atoms with Crippen LogP contribution in [-0.2, 0) is 6.42 Å². The van der Waals surface area contributed by atoms with E-state index in [2.05, 4.69) is 0 Å². The largest absolute Gasteiger partial charge is 0.457 e. The van der Waals surface area contributed by atoms with Crippen LogP contribution in [0.4, 0.5) is 13.2 Å². The van der Waals surface area contributed by atoms with Gasteiger partial charge in [0, 0.05) is 0 Å². The minimum atomic E-state index is -4.20. The van der Waals surface area contributed by atoms with E-state index >= 15 is 0 Å². The number of rotatable bonds is 3. The third kappa shape index (κ3) is 3.80. The molecule has 2 aromatic rings. The van der Waals surface area contributed by atoms with Gasteiger partial charge in [0.05, 0.1) is 6.42 Å². The van der Waals surface area contributed by atoms with Crippen LogP contribution < -0.4 is 4.74 Å². The van der Waals surface area contributed by atoms with Gasteiger partial charge in [0.1, 0.15) is 11.5 Å². The maximum atomic E-state index is 12.3. The number of ether oxygens (including phenoxy) is 1. The second-order valence-corrected chi connectivity index (χ2v) is 3.85. The Hall–Kier alpha value is -1.97. The lowest BCUT2D eigenvalue weighted by atomic mass is 10.1. The van der Waals surface area contributed by atoms with Crippen LogP contribution in [0.3, 0.4) is 0 Å². The van der Waals surface area contributed by atoms with Gasteiger partial charge in [-0.05, 0) is 29.8 Å². The number of halogens is 3. The van der Waals surface area contributed by atoms with E-state index < -0.39 is 12.6 Å². The lowest BCUT2D eigenvalue weighted by Crippen LogP contribution is -2.11. The molecule has 0 spiro atoms. The van der Waals surface area contributed by atoms with Crippen LogP contribution in [0.2, 0.25) is 0 Å². The smallest absolute Gasteiger partial charge is 0.393 e. The van der Waals surface area contributed by atoms with Crippen molar-refractivity contribution in [1.29, 1.82) is 0 Å². The summed E-state index contributed by atoms with van der Waals surface area (Å²) >= 11 is 0. The average Bonchev–Trinajstić information content (AvgIpc) is 2.28. The molecular formula is C14H11F3O. The zero-order chi connectivity index (χ0) is 13.0. The monoisotopic (exact) mass is 252 g/mol. The van der Waals surface area contributed by atoms with E-state index in [0.29, 0.717) is 11.5 Å². The van der Waals surface area contributed by atoms with Crippen molar-refractivity contribution in [2.75, 3.05) is 0 Å². The van der Waals surface area contributed by atoms with Crippen molar-refractivity contribution >= 4 is 0 Å². The zero-order valence-corrected chi connectivity index (χ0v) is 9.45. The van der Waals surface area contributed by atoms with Crippen molar-refractivity contribution in [2.45, 2.75) is 12.6 Å². The lowest BCUT2D eigenvalue weighted by molar-refractivity contribution is -0.127. The molecule has 0 N–H and O–H groups in total. The predicted octanol–water partition coefficient (Wildman–Crippen LogP) is 4.58. The first kappa shape index (κ1) is 12.5. The van der Waals surface area contributed by atoms with Gasteiger partial charge in [-0.3, -0.25) is 0 Å². The minimum absolute atomic E-state index is 0.191. The first-order valence-corrected chi connectivity index (χ1v) is 5.41. The minimum Gasteiger partial charge on any atom is -0.457 e. The predicted molar refractivity (Wildman–Crippen MR) is 62.7 cm³/mol. The number of hydrogen-bond acceptors (Lipinski definition) is 1. The molecule has 0 aliphatic heterocycles. The number of benzene rings is 2. The van der Waals surface area contributed by atoms with E-state index in [1.54, 1.807) is 36.4 Å². The van der Waals surface area contributed by atoms with Gasteiger partial charge in [-0.25, -0.2) is 0 Å². The lowest BCUT2D eigenvalue weighted by Gasteiger charge is -2.09. The molecule has 18 heavy (non-hydrogen) atoms. The van der Waals surface area contributed by atoms with Crippen molar-refractivity contribution in [3.05, 3.63) is 60.2 Å². The van der Waals surface area contributed by atoms with E-state index in [4.69, 9.17) is 4.74 Å². The molecule has 1 nitrogen and oxygen atoms in total. The molecule has 4 heteroatoms. The molecule has 0 fully saturated rings. The first-order chi connectivity index (χ1) is 8.53. The van der Waals surface area contributed by atoms with Gasteiger partial charge in [-0.1, -0.05) is 30.3 Å². The fraction of sp³-hybridized carbons (Fsp3) is 0.143. The summed E-state index contributed by atoms with van der Waals surface area (Å²) in [6.45, 7) is 0. The highest BCUT2D eigenvalue weighted by molar-refractivity contribution is 5.34. The highest BCUT2D eigenvalue weighted by Crippen LogP contribution is 2.26. The molecule has 2 rings (SSSR count). The van der Waals surface area contributed by atoms with Gasteiger partial charge < -0.3 is 4.74 Å². The van der Waals surface area contributed by atoms with Crippen LogP contribution in [-0.4, -0.2) is 6.18 Å². The molecule has 2 aromatic carbocycles. The van der Waals surface area contributed by atoms with Crippen LogP contribution >= 0.6 is 0 Å². The van der Waals surface area contributed by atoms with Crippen LogP contribution in [0.1, 0.15) is 5.56 Å². The van der Waals surface area contributed by atoms with Gasteiger partial charge in [-0.2, -0.15) is 13.2 Å². The molecule has 94 valence electrons. The second kappa shape index (κ2) is 5.12. The number of alkyl halides is 3. The maximum absolute atomic E-state index is 12.3. The van der Waals surface area contributed by atoms with E-state index in [0.717, 1.165) is 0 Å². The van der Waals surface area contributed by atoms with Crippen LogP contribution in [0.5, 0.6) is 11.5 Å². The highest BCUT2D eigenvalue weighted by atomic mass is 19.4. The molecule has 0 atom stereocenters. The molecule has 0 aliphatic rings. The Bertz CT molecular complexity index is 506. The molecule has 0 aromatic heterocycles. The van der Waals surface area contributed by atoms with Crippen molar-refractivity contribution in [3.8, 4) is 11.5 Å². The van der Waals surface area contributed by atoms with E-state index in [-0.39, 0.29) is 5.56 Å². The molecule has 0 radical (unpaired) electrons. The highest BCUT2D eigenvalue weighted by Gasteiger charge is 2.27. The first-order valence-electron chi connectivity index (χ1n) is 5.41. The number of para-hydroxylation sites is 1. The summed E-state index contributed by atoms with van der Waals surface area (Å²) in [7, 11) is 0. The summed E-state index contributed by atoms with van der Waals surface area (Å²) in [5.74, 6) is 1.00. The van der Waals surface area contributed by atoms with Crippen LogP contribution in [0.25, 0.3) is 0 Å². The Morgan fingerprint density at radius 3 is 2.17 bits per heavy atom. The standard InChI is InChI=1S/C14H11F3O/c15-14(16,17)10-11-5-4-8-13(9-11)18-12-6-2-1-3-7-12/h1-9H,10H2. The van der Waals surface area contributed by atoms with Gasteiger partial charge in [0.15, 0.2) is 0 Å². The summed E-state index contributed by atoms with van der Waals surface area (Å²) in [5.41, 5.74) is 0.191. The summed E-state index contributed by atoms with van der Waals surface area (Å²) in [6.07, 6.45) is -5.15. The summed E-state index contributed by atoms with van der Waals surface area (Å²) in [4.78, 5) is 0. The molecule has 0 bridgehead atoms. The normalized spacial score (nSPS) is 11.3. The fourth-order valence-corrected chi connectivity index (χ4v) is 1.58. The topological polar surface area (TPSA) is 9.23 Å². The van der Waals surface area contributed by atoms with Crippen molar-refractivity contribution in [1.82, 2.24) is 0 Å². The van der Waals surface area contributed by atoms with Crippen molar-refractivity contribution in [3.63, 3.8) is 0 Å². The third-order valence-electron chi connectivity index (χ3n) is 2.28. The van der Waals surface area contributed by atoms with Crippen molar-refractivity contribution in [2.24, 2.45) is 0 Å². The Morgan fingerprint density at radius 1 is 0.833 bits per heavy atom. The van der Waals surface area contributed by atoms with Gasteiger partial charge in [0.25, 0.3) is 0 Å². The van der Waals surface area contributed by atoms with Crippen LogP contribution in [0.15, 0.2) is 54.6 Å². The maximum Gasteiger partial charge on any atom is 0.393 e. The quantitative estimate of drug-likeness (QED) is 0.776. The average molecular weight is 252 g/mol. The Balaban J connectivity index is 2.13.